The van der Waals surface area contributed by atoms with Gasteiger partial charge in [0, 0.05) is 10.8 Å². The minimum atomic E-state index is -4.44. The van der Waals surface area contributed by atoms with Crippen LogP contribution in [-0.4, -0.2) is 5.78 Å². The molecule has 0 aromatic heterocycles. The van der Waals surface area contributed by atoms with Crippen molar-refractivity contribution < 1.29 is 31.1 Å². The van der Waals surface area contributed by atoms with Crippen LogP contribution in [-0.2, 0) is 17.1 Å². The summed E-state index contributed by atoms with van der Waals surface area (Å²) < 4.78 is 78.6. The standard InChI is InChI=1S/C24H20F6O/c25-23(26,27)16-6-1-4-14(10-16)18-12-21(18)8-3-9-22(20(21)31)13-19(22)15-5-2-7-17(11-15)24(28,29)30/h1-2,4-7,10-11,18-19H,3,8-9,12-13H2. The molecule has 2 aromatic carbocycles. The van der Waals surface area contributed by atoms with Gasteiger partial charge in [0.15, 0.2) is 0 Å². The number of carbonyl (C=O) groups excluding carboxylic acids is 1. The number of halogens is 6. The summed E-state index contributed by atoms with van der Waals surface area (Å²) in [5, 5.41) is 0. The van der Waals surface area contributed by atoms with E-state index in [4.69, 9.17) is 0 Å². The van der Waals surface area contributed by atoms with Crippen molar-refractivity contribution in [3.05, 3.63) is 70.8 Å². The molecule has 5 rings (SSSR count). The molecule has 4 unspecified atom stereocenters. The van der Waals surface area contributed by atoms with Gasteiger partial charge < -0.3 is 0 Å². The smallest absolute Gasteiger partial charge is 0.298 e. The van der Waals surface area contributed by atoms with Gasteiger partial charge in [-0.25, -0.2) is 0 Å². The third kappa shape index (κ3) is 3.19. The van der Waals surface area contributed by atoms with Gasteiger partial charge in [0.1, 0.15) is 5.78 Å². The molecule has 2 aromatic rings. The number of carbonyl (C=O) groups is 1. The van der Waals surface area contributed by atoms with Gasteiger partial charge in [0.2, 0.25) is 0 Å². The van der Waals surface area contributed by atoms with Crippen LogP contribution in [0.5, 0.6) is 0 Å². The monoisotopic (exact) mass is 438 g/mol. The molecular formula is C24H20F6O. The molecule has 4 atom stereocenters. The van der Waals surface area contributed by atoms with Crippen LogP contribution in [0.1, 0.15) is 66.2 Å². The fraction of sp³-hybridized carbons (Fsp3) is 0.458. The molecule has 2 spiro atoms. The zero-order chi connectivity index (χ0) is 22.2. The number of alkyl halides is 6. The first-order valence-electron chi connectivity index (χ1n) is 10.4. The summed E-state index contributed by atoms with van der Waals surface area (Å²) in [7, 11) is 0. The molecule has 164 valence electrons. The molecule has 1 nitrogen and oxygen atoms in total. The Hall–Kier alpha value is -2.31. The highest BCUT2D eigenvalue weighted by Gasteiger charge is 2.72. The first kappa shape index (κ1) is 20.6. The fourth-order valence-corrected chi connectivity index (χ4v) is 5.84. The van der Waals surface area contributed by atoms with E-state index in [-0.39, 0.29) is 17.6 Å². The summed E-state index contributed by atoms with van der Waals surface area (Å²) in [6.45, 7) is 0. The van der Waals surface area contributed by atoms with E-state index in [0.717, 1.165) is 30.7 Å². The molecular weight excluding hydrogens is 418 g/mol. The second kappa shape index (κ2) is 6.36. The molecule has 0 bridgehead atoms. The van der Waals surface area contributed by atoms with Crippen LogP contribution in [0, 0.1) is 10.8 Å². The Morgan fingerprint density at radius 3 is 1.52 bits per heavy atom. The first-order valence-corrected chi connectivity index (χ1v) is 10.4. The summed E-state index contributed by atoms with van der Waals surface area (Å²) in [6, 6.07) is 10.3. The lowest BCUT2D eigenvalue weighted by Gasteiger charge is -2.30. The van der Waals surface area contributed by atoms with E-state index in [0.29, 0.717) is 36.8 Å². The van der Waals surface area contributed by atoms with Gasteiger partial charge in [-0.2, -0.15) is 26.3 Å². The highest BCUT2D eigenvalue weighted by molar-refractivity contribution is 5.98. The Bertz CT molecular complexity index is 973. The highest BCUT2D eigenvalue weighted by Crippen LogP contribution is 2.75. The van der Waals surface area contributed by atoms with E-state index >= 15 is 0 Å². The van der Waals surface area contributed by atoms with Crippen LogP contribution in [0.25, 0.3) is 0 Å². The van der Waals surface area contributed by atoms with Crippen LogP contribution < -0.4 is 0 Å². The minimum Gasteiger partial charge on any atom is -0.298 e. The molecule has 0 heterocycles. The van der Waals surface area contributed by atoms with Gasteiger partial charge in [0.05, 0.1) is 11.1 Å². The number of rotatable bonds is 2. The Balaban J connectivity index is 1.41. The number of benzene rings is 2. The van der Waals surface area contributed by atoms with Crippen LogP contribution in [0.3, 0.4) is 0 Å². The largest absolute Gasteiger partial charge is 0.416 e. The highest BCUT2D eigenvalue weighted by atomic mass is 19.4. The van der Waals surface area contributed by atoms with Crippen LogP contribution in [0.2, 0.25) is 0 Å². The van der Waals surface area contributed by atoms with E-state index in [2.05, 4.69) is 0 Å². The SMILES string of the molecule is O=C1C2(CCCC13CC3c1cccc(C(F)(F)F)c1)CC2c1cccc(C(F)(F)F)c1. The Kier molecular flexibility index (Phi) is 4.22. The lowest BCUT2D eigenvalue weighted by atomic mass is 9.71. The van der Waals surface area contributed by atoms with Crippen molar-refractivity contribution in [2.45, 2.75) is 56.3 Å². The lowest BCUT2D eigenvalue weighted by Crippen LogP contribution is -2.33. The molecule has 0 N–H and O–H groups in total. The van der Waals surface area contributed by atoms with E-state index in [1.54, 1.807) is 12.1 Å². The summed E-state index contributed by atoms with van der Waals surface area (Å²) in [5.74, 6) is -0.458. The topological polar surface area (TPSA) is 17.1 Å². The van der Waals surface area contributed by atoms with Gasteiger partial charge in [0.25, 0.3) is 0 Å². The number of hydrogen-bond donors (Lipinski definition) is 0. The van der Waals surface area contributed by atoms with Crippen LogP contribution in [0.15, 0.2) is 48.5 Å². The van der Waals surface area contributed by atoms with Crippen molar-refractivity contribution in [1.82, 2.24) is 0 Å². The summed E-state index contributed by atoms with van der Waals surface area (Å²) in [5.41, 5.74) is -1.73. The molecule has 3 aliphatic rings. The zero-order valence-corrected chi connectivity index (χ0v) is 16.5. The number of ketones is 1. The molecule has 3 aliphatic carbocycles. The fourth-order valence-electron chi connectivity index (χ4n) is 5.84. The molecule has 0 saturated heterocycles. The van der Waals surface area contributed by atoms with E-state index in [1.807, 2.05) is 0 Å². The maximum Gasteiger partial charge on any atom is 0.416 e. The van der Waals surface area contributed by atoms with E-state index in [9.17, 15) is 31.1 Å². The Morgan fingerprint density at radius 2 is 1.13 bits per heavy atom. The molecule has 3 saturated carbocycles. The molecule has 31 heavy (non-hydrogen) atoms. The van der Waals surface area contributed by atoms with Crippen molar-refractivity contribution in [1.29, 1.82) is 0 Å². The maximum absolute atomic E-state index is 13.6. The van der Waals surface area contributed by atoms with Crippen molar-refractivity contribution >= 4 is 5.78 Å². The van der Waals surface area contributed by atoms with Crippen LogP contribution >= 0.6 is 0 Å². The third-order valence-electron chi connectivity index (χ3n) is 7.53. The van der Waals surface area contributed by atoms with Gasteiger partial charge in [-0.1, -0.05) is 42.8 Å². The van der Waals surface area contributed by atoms with E-state index in [1.165, 1.54) is 12.1 Å². The minimum absolute atomic E-state index is 0.0380. The quantitative estimate of drug-likeness (QED) is 0.456. The van der Waals surface area contributed by atoms with Crippen molar-refractivity contribution in [3.8, 4) is 0 Å². The first-order chi connectivity index (χ1) is 14.5. The van der Waals surface area contributed by atoms with E-state index < -0.39 is 34.3 Å². The van der Waals surface area contributed by atoms with Gasteiger partial charge in [-0.15, -0.1) is 0 Å². The average Bonchev–Trinajstić information content (AvgIpc) is 3.61. The predicted molar refractivity (Wildman–Crippen MR) is 101 cm³/mol. The number of hydrogen-bond acceptors (Lipinski definition) is 1. The predicted octanol–water partition coefficient (Wildman–Crippen LogP) is 7.12. The zero-order valence-electron chi connectivity index (χ0n) is 16.5. The Morgan fingerprint density at radius 1 is 0.710 bits per heavy atom. The van der Waals surface area contributed by atoms with Crippen molar-refractivity contribution in [2.24, 2.45) is 10.8 Å². The third-order valence-corrected chi connectivity index (χ3v) is 7.53. The molecule has 7 heteroatoms. The summed E-state index contributed by atoms with van der Waals surface area (Å²) >= 11 is 0. The van der Waals surface area contributed by atoms with Crippen molar-refractivity contribution in [2.75, 3.05) is 0 Å². The molecule has 0 aliphatic heterocycles. The average molecular weight is 438 g/mol. The molecule has 0 amide bonds. The van der Waals surface area contributed by atoms with Crippen molar-refractivity contribution in [3.63, 3.8) is 0 Å². The lowest BCUT2D eigenvalue weighted by molar-refractivity contribution is -0.138. The summed E-state index contributed by atoms with van der Waals surface area (Å²) in [6.07, 6.45) is -5.83. The van der Waals surface area contributed by atoms with Gasteiger partial charge >= 0.3 is 12.4 Å². The second-order valence-corrected chi connectivity index (χ2v) is 9.25. The Labute approximate surface area is 175 Å². The number of Topliss-reactive ketones (excluding diaryl/α,β-unsaturated/α-hetero) is 1. The summed E-state index contributed by atoms with van der Waals surface area (Å²) in [4.78, 5) is 13.6. The van der Waals surface area contributed by atoms with Crippen LogP contribution in [0.4, 0.5) is 26.3 Å². The normalized spacial score (nSPS) is 32.5. The maximum atomic E-state index is 13.6. The molecule has 3 fully saturated rings. The van der Waals surface area contributed by atoms with Gasteiger partial charge in [-0.3, -0.25) is 4.79 Å². The molecule has 0 radical (unpaired) electrons. The van der Waals surface area contributed by atoms with Gasteiger partial charge in [-0.05, 0) is 60.8 Å². The second-order valence-electron chi connectivity index (χ2n) is 9.25.